The molecule has 0 saturated heterocycles. The molecule has 0 aromatic heterocycles. The van der Waals surface area contributed by atoms with Crippen molar-refractivity contribution < 1.29 is 9.53 Å². The van der Waals surface area contributed by atoms with Gasteiger partial charge in [-0.2, -0.15) is 0 Å². The van der Waals surface area contributed by atoms with Gasteiger partial charge in [-0.15, -0.1) is 0 Å². The molecule has 0 unspecified atom stereocenters. The maximum Gasteiger partial charge on any atom is 0.159 e. The van der Waals surface area contributed by atoms with Crippen LogP contribution in [0.15, 0.2) is 24.2 Å². The van der Waals surface area contributed by atoms with Crippen LogP contribution in [0.4, 0.5) is 0 Å². The molecule has 1 heterocycles. The molecule has 2 nitrogen and oxygen atoms in total. The van der Waals surface area contributed by atoms with Gasteiger partial charge in [0.2, 0.25) is 0 Å². The summed E-state index contributed by atoms with van der Waals surface area (Å²) in [6.45, 7) is 2.17. The summed E-state index contributed by atoms with van der Waals surface area (Å²) in [5.74, 6) is 0.977. The van der Waals surface area contributed by atoms with E-state index < -0.39 is 0 Å². The van der Waals surface area contributed by atoms with Crippen LogP contribution in [0.2, 0.25) is 0 Å². The van der Waals surface area contributed by atoms with Gasteiger partial charge < -0.3 is 4.74 Å². The lowest BCUT2D eigenvalue weighted by atomic mass is 10.1. The van der Waals surface area contributed by atoms with Crippen LogP contribution in [0.25, 0.3) is 0 Å². The Morgan fingerprint density at radius 1 is 1.50 bits per heavy atom. The average Bonchev–Trinajstić information content (AvgIpc) is 2.65. The Morgan fingerprint density at radius 3 is 3.00 bits per heavy atom. The van der Waals surface area contributed by atoms with Gasteiger partial charge in [-0.3, -0.25) is 4.79 Å². The number of allylic oxidation sites excluding steroid dienone is 2. The molecule has 0 atom stereocenters. The van der Waals surface area contributed by atoms with Gasteiger partial charge >= 0.3 is 0 Å². The summed E-state index contributed by atoms with van der Waals surface area (Å²) in [7, 11) is 0. The molecule has 0 N–H and O–H groups in total. The maximum absolute atomic E-state index is 11.4. The first kappa shape index (κ1) is 11.0. The van der Waals surface area contributed by atoms with Gasteiger partial charge in [-0.05, 0) is 12.5 Å². The van der Waals surface area contributed by atoms with Crippen LogP contribution in [-0.4, -0.2) is 5.78 Å². The number of hydrogen-bond donors (Lipinski definition) is 0. The number of carbonyl (C=O) groups is 1. The lowest BCUT2D eigenvalue weighted by molar-refractivity contribution is -0.114. The second kappa shape index (κ2) is 6.41. The van der Waals surface area contributed by atoms with Crippen LogP contribution >= 0.6 is 0 Å². The van der Waals surface area contributed by atoms with Crippen molar-refractivity contribution in [3.05, 3.63) is 24.2 Å². The van der Waals surface area contributed by atoms with Gasteiger partial charge in [0.05, 0.1) is 6.26 Å². The minimum Gasteiger partial charge on any atom is -0.469 e. The monoisotopic (exact) mass is 194 g/mol. The Morgan fingerprint density at radius 2 is 2.36 bits per heavy atom. The van der Waals surface area contributed by atoms with Crippen LogP contribution in [0, 0.1) is 0 Å². The van der Waals surface area contributed by atoms with Crippen molar-refractivity contribution in [3.8, 4) is 0 Å². The normalized spacial score (nSPS) is 17.4. The zero-order valence-corrected chi connectivity index (χ0v) is 8.79. The molecule has 1 aliphatic rings. The molecular weight excluding hydrogens is 176 g/mol. The summed E-state index contributed by atoms with van der Waals surface area (Å²) in [4.78, 5) is 11.4. The first-order valence-electron chi connectivity index (χ1n) is 5.38. The molecule has 0 spiro atoms. The lowest BCUT2D eigenvalue weighted by Crippen LogP contribution is -1.94. The SMILES string of the molecule is CCCCCCC(=O)C=C1CC=CO1. The van der Waals surface area contributed by atoms with E-state index in [1.807, 2.05) is 6.08 Å². The fourth-order valence-corrected chi connectivity index (χ4v) is 1.42. The lowest BCUT2D eigenvalue weighted by Gasteiger charge is -1.98. The van der Waals surface area contributed by atoms with E-state index in [-0.39, 0.29) is 5.78 Å². The maximum atomic E-state index is 11.4. The molecule has 0 aliphatic carbocycles. The number of carbonyl (C=O) groups excluding carboxylic acids is 1. The standard InChI is InChI=1S/C12H18O2/c1-2-3-4-5-7-11(13)10-12-8-6-9-14-12/h6,9-10H,2-5,7-8H2,1H3. The number of unbranched alkanes of at least 4 members (excludes halogenated alkanes) is 3. The van der Waals surface area contributed by atoms with Crippen molar-refractivity contribution in [2.75, 3.05) is 0 Å². The average molecular weight is 194 g/mol. The highest BCUT2D eigenvalue weighted by molar-refractivity contribution is 5.90. The van der Waals surface area contributed by atoms with E-state index in [1.54, 1.807) is 12.3 Å². The predicted molar refractivity (Wildman–Crippen MR) is 56.7 cm³/mol. The summed E-state index contributed by atoms with van der Waals surface area (Å²) < 4.78 is 5.11. The zero-order valence-electron chi connectivity index (χ0n) is 8.79. The number of hydrogen-bond acceptors (Lipinski definition) is 2. The van der Waals surface area contributed by atoms with E-state index in [4.69, 9.17) is 4.74 Å². The quantitative estimate of drug-likeness (QED) is 0.479. The van der Waals surface area contributed by atoms with Gasteiger partial charge in [-0.1, -0.05) is 26.2 Å². The molecule has 0 saturated carbocycles. The van der Waals surface area contributed by atoms with Crippen LogP contribution in [0.5, 0.6) is 0 Å². The van der Waals surface area contributed by atoms with E-state index in [0.717, 1.165) is 25.0 Å². The smallest absolute Gasteiger partial charge is 0.159 e. The Labute approximate surface area is 85.6 Å². The molecule has 0 radical (unpaired) electrons. The fraction of sp³-hybridized carbons (Fsp3) is 0.583. The predicted octanol–water partition coefficient (Wildman–Crippen LogP) is 3.34. The minimum absolute atomic E-state index is 0.194. The highest BCUT2D eigenvalue weighted by Crippen LogP contribution is 2.13. The van der Waals surface area contributed by atoms with Crippen LogP contribution in [0.3, 0.4) is 0 Å². The van der Waals surface area contributed by atoms with Gasteiger partial charge in [-0.25, -0.2) is 0 Å². The highest BCUT2D eigenvalue weighted by atomic mass is 16.5. The van der Waals surface area contributed by atoms with Gasteiger partial charge in [0.25, 0.3) is 0 Å². The second-order valence-corrected chi connectivity index (χ2v) is 3.58. The molecule has 0 aromatic carbocycles. The molecule has 0 fully saturated rings. The van der Waals surface area contributed by atoms with E-state index in [9.17, 15) is 4.79 Å². The van der Waals surface area contributed by atoms with E-state index >= 15 is 0 Å². The van der Waals surface area contributed by atoms with Crippen molar-refractivity contribution in [1.29, 1.82) is 0 Å². The second-order valence-electron chi connectivity index (χ2n) is 3.58. The molecule has 0 amide bonds. The summed E-state index contributed by atoms with van der Waals surface area (Å²) >= 11 is 0. The first-order chi connectivity index (χ1) is 6.83. The third-order valence-corrected chi connectivity index (χ3v) is 2.23. The topological polar surface area (TPSA) is 26.3 Å². The molecule has 2 heteroatoms. The molecule has 0 bridgehead atoms. The summed E-state index contributed by atoms with van der Waals surface area (Å²) in [6, 6.07) is 0. The largest absolute Gasteiger partial charge is 0.469 e. The molecular formula is C12H18O2. The summed E-state index contributed by atoms with van der Waals surface area (Å²) in [6.07, 6.45) is 11.2. The van der Waals surface area contributed by atoms with Crippen molar-refractivity contribution in [3.63, 3.8) is 0 Å². The number of rotatable bonds is 6. The Bertz CT molecular complexity index is 229. The Hall–Kier alpha value is -1.05. The molecule has 0 aromatic rings. The van der Waals surface area contributed by atoms with Gasteiger partial charge in [0, 0.05) is 18.9 Å². The highest BCUT2D eigenvalue weighted by Gasteiger charge is 2.04. The van der Waals surface area contributed by atoms with Crippen LogP contribution in [-0.2, 0) is 9.53 Å². The third-order valence-electron chi connectivity index (χ3n) is 2.23. The molecule has 14 heavy (non-hydrogen) atoms. The molecule has 1 aliphatic heterocycles. The van der Waals surface area contributed by atoms with Crippen LogP contribution in [0.1, 0.15) is 45.4 Å². The minimum atomic E-state index is 0.194. The first-order valence-corrected chi connectivity index (χ1v) is 5.38. The number of ketones is 1. The van der Waals surface area contributed by atoms with Crippen LogP contribution < -0.4 is 0 Å². The van der Waals surface area contributed by atoms with E-state index in [2.05, 4.69) is 6.92 Å². The van der Waals surface area contributed by atoms with E-state index in [0.29, 0.717) is 6.42 Å². The van der Waals surface area contributed by atoms with Crippen molar-refractivity contribution in [2.45, 2.75) is 45.4 Å². The van der Waals surface area contributed by atoms with E-state index in [1.165, 1.54) is 12.8 Å². The Balaban J connectivity index is 2.12. The molecule has 78 valence electrons. The van der Waals surface area contributed by atoms with Gasteiger partial charge in [0.1, 0.15) is 5.76 Å². The van der Waals surface area contributed by atoms with Crippen molar-refractivity contribution in [1.82, 2.24) is 0 Å². The summed E-state index contributed by atoms with van der Waals surface area (Å²) in [5, 5.41) is 0. The molecule has 1 rings (SSSR count). The zero-order chi connectivity index (χ0) is 10.2. The summed E-state index contributed by atoms with van der Waals surface area (Å²) in [5.41, 5.74) is 0. The van der Waals surface area contributed by atoms with Crippen molar-refractivity contribution in [2.24, 2.45) is 0 Å². The fourth-order valence-electron chi connectivity index (χ4n) is 1.42. The van der Waals surface area contributed by atoms with Gasteiger partial charge in [0.15, 0.2) is 5.78 Å². The Kier molecular flexibility index (Phi) is 5.05. The van der Waals surface area contributed by atoms with Crippen molar-refractivity contribution >= 4 is 5.78 Å². The third kappa shape index (κ3) is 4.26. The number of ether oxygens (including phenoxy) is 1.